The normalized spacial score (nSPS) is 39.0. The van der Waals surface area contributed by atoms with Crippen LogP contribution in [0.2, 0.25) is 0 Å². The third-order valence-electron chi connectivity index (χ3n) is 2.76. The van der Waals surface area contributed by atoms with Crippen molar-refractivity contribution in [2.45, 2.75) is 38.4 Å². The van der Waals surface area contributed by atoms with Crippen molar-refractivity contribution in [3.05, 3.63) is 0 Å². The van der Waals surface area contributed by atoms with Crippen molar-refractivity contribution >= 4 is 0 Å². The molecule has 0 saturated heterocycles. The van der Waals surface area contributed by atoms with Gasteiger partial charge in [-0.2, -0.15) is 0 Å². The zero-order valence-corrected chi connectivity index (χ0v) is 7.67. The first-order valence-electron chi connectivity index (χ1n) is 4.35. The third kappa shape index (κ3) is 1.94. The predicted octanol–water partition coefficient (Wildman–Crippen LogP) is 1.84. The van der Waals surface area contributed by atoms with Gasteiger partial charge in [0, 0.05) is 20.1 Å². The van der Waals surface area contributed by atoms with Crippen LogP contribution in [0.15, 0.2) is 0 Å². The van der Waals surface area contributed by atoms with Crippen LogP contribution in [0.3, 0.4) is 0 Å². The SMILES string of the molecule is CO[C@H]1CCC[C@@H](OC)[C@@H]1C. The molecule has 0 N–H and O–H groups in total. The highest BCUT2D eigenvalue weighted by atomic mass is 16.5. The van der Waals surface area contributed by atoms with Gasteiger partial charge < -0.3 is 9.47 Å². The van der Waals surface area contributed by atoms with Gasteiger partial charge in [-0.3, -0.25) is 0 Å². The minimum absolute atomic E-state index is 0.411. The Morgan fingerprint density at radius 2 is 1.45 bits per heavy atom. The molecule has 0 amide bonds. The number of rotatable bonds is 2. The van der Waals surface area contributed by atoms with E-state index in [1.54, 1.807) is 14.2 Å². The van der Waals surface area contributed by atoms with Crippen molar-refractivity contribution in [1.82, 2.24) is 0 Å². The van der Waals surface area contributed by atoms with Gasteiger partial charge in [0.05, 0.1) is 12.2 Å². The Labute approximate surface area is 68.9 Å². The Morgan fingerprint density at radius 1 is 1.00 bits per heavy atom. The summed E-state index contributed by atoms with van der Waals surface area (Å²) in [5, 5.41) is 0. The summed E-state index contributed by atoms with van der Waals surface area (Å²) in [6.07, 6.45) is 4.44. The average molecular weight is 158 g/mol. The van der Waals surface area contributed by atoms with Crippen molar-refractivity contribution in [1.29, 1.82) is 0 Å². The first-order chi connectivity index (χ1) is 5.29. The summed E-state index contributed by atoms with van der Waals surface area (Å²) in [6, 6.07) is 0. The van der Waals surface area contributed by atoms with Crippen LogP contribution in [0.5, 0.6) is 0 Å². The molecule has 0 aliphatic heterocycles. The second kappa shape index (κ2) is 4.07. The van der Waals surface area contributed by atoms with Gasteiger partial charge >= 0.3 is 0 Å². The minimum Gasteiger partial charge on any atom is -0.381 e. The van der Waals surface area contributed by atoms with Crippen molar-refractivity contribution in [3.63, 3.8) is 0 Å². The number of hydrogen-bond donors (Lipinski definition) is 0. The van der Waals surface area contributed by atoms with Crippen LogP contribution in [0.4, 0.5) is 0 Å². The van der Waals surface area contributed by atoms with Crippen molar-refractivity contribution in [2.24, 2.45) is 5.92 Å². The van der Waals surface area contributed by atoms with Crippen LogP contribution < -0.4 is 0 Å². The lowest BCUT2D eigenvalue weighted by Crippen LogP contribution is -2.36. The third-order valence-corrected chi connectivity index (χ3v) is 2.76. The minimum atomic E-state index is 0.411. The molecule has 0 aromatic carbocycles. The molecular formula is C9H18O2. The number of methoxy groups -OCH3 is 2. The molecule has 1 aliphatic carbocycles. The monoisotopic (exact) mass is 158 g/mol. The molecule has 0 heterocycles. The summed E-state index contributed by atoms with van der Waals surface area (Å²) in [7, 11) is 3.58. The molecule has 1 aliphatic rings. The molecule has 0 bridgehead atoms. The highest BCUT2D eigenvalue weighted by Crippen LogP contribution is 2.28. The zero-order chi connectivity index (χ0) is 8.27. The van der Waals surface area contributed by atoms with E-state index < -0.39 is 0 Å². The molecule has 2 heteroatoms. The topological polar surface area (TPSA) is 18.5 Å². The molecule has 11 heavy (non-hydrogen) atoms. The van der Waals surface area contributed by atoms with Crippen LogP contribution >= 0.6 is 0 Å². The first kappa shape index (κ1) is 9.01. The van der Waals surface area contributed by atoms with Gasteiger partial charge in [0.2, 0.25) is 0 Å². The largest absolute Gasteiger partial charge is 0.381 e. The summed E-state index contributed by atoms with van der Waals surface area (Å²) in [6.45, 7) is 2.21. The van der Waals surface area contributed by atoms with Gasteiger partial charge in [0.25, 0.3) is 0 Å². The Morgan fingerprint density at radius 3 is 1.82 bits per heavy atom. The maximum Gasteiger partial charge on any atom is 0.0621 e. The van der Waals surface area contributed by atoms with Gasteiger partial charge in [-0.15, -0.1) is 0 Å². The quantitative estimate of drug-likeness (QED) is 0.610. The molecular weight excluding hydrogens is 140 g/mol. The van der Waals surface area contributed by atoms with Gasteiger partial charge in [-0.05, 0) is 19.3 Å². The standard InChI is InChI=1S/C9H18O2/c1-7-8(10-2)5-4-6-9(7)11-3/h7-9H,4-6H2,1-3H3/t7-,8+,9-. The van der Waals surface area contributed by atoms with Crippen LogP contribution in [0.25, 0.3) is 0 Å². The Hall–Kier alpha value is -0.0800. The molecule has 3 atom stereocenters. The lowest BCUT2D eigenvalue weighted by molar-refractivity contribution is -0.0556. The fourth-order valence-electron chi connectivity index (χ4n) is 1.95. The van der Waals surface area contributed by atoms with E-state index in [2.05, 4.69) is 6.92 Å². The van der Waals surface area contributed by atoms with E-state index in [1.165, 1.54) is 19.3 Å². The second-order valence-corrected chi connectivity index (χ2v) is 3.34. The van der Waals surface area contributed by atoms with E-state index >= 15 is 0 Å². The lowest BCUT2D eigenvalue weighted by Gasteiger charge is -2.33. The molecule has 0 spiro atoms. The van der Waals surface area contributed by atoms with Gasteiger partial charge in [-0.1, -0.05) is 6.92 Å². The van der Waals surface area contributed by atoms with E-state index in [0.29, 0.717) is 18.1 Å². The Kier molecular flexibility index (Phi) is 3.34. The van der Waals surface area contributed by atoms with E-state index in [-0.39, 0.29) is 0 Å². The molecule has 0 aromatic rings. The van der Waals surface area contributed by atoms with Crippen molar-refractivity contribution < 1.29 is 9.47 Å². The van der Waals surface area contributed by atoms with Crippen molar-refractivity contribution in [2.75, 3.05) is 14.2 Å². The highest BCUT2D eigenvalue weighted by Gasteiger charge is 2.29. The van der Waals surface area contributed by atoms with Crippen molar-refractivity contribution in [3.8, 4) is 0 Å². The van der Waals surface area contributed by atoms with E-state index in [9.17, 15) is 0 Å². The summed E-state index contributed by atoms with van der Waals surface area (Å²) < 4.78 is 10.7. The Bertz CT molecular complexity index is 102. The molecule has 1 rings (SSSR count). The van der Waals surface area contributed by atoms with Gasteiger partial charge in [-0.25, -0.2) is 0 Å². The molecule has 66 valence electrons. The molecule has 0 aromatic heterocycles. The van der Waals surface area contributed by atoms with E-state index in [1.807, 2.05) is 0 Å². The zero-order valence-electron chi connectivity index (χ0n) is 7.67. The summed E-state index contributed by atoms with van der Waals surface area (Å²) >= 11 is 0. The first-order valence-corrected chi connectivity index (χ1v) is 4.35. The van der Waals surface area contributed by atoms with Crippen LogP contribution in [-0.4, -0.2) is 26.4 Å². The molecule has 1 fully saturated rings. The van der Waals surface area contributed by atoms with E-state index in [0.717, 1.165) is 0 Å². The molecule has 2 nitrogen and oxygen atoms in total. The maximum absolute atomic E-state index is 5.36. The van der Waals surface area contributed by atoms with Crippen LogP contribution in [0.1, 0.15) is 26.2 Å². The molecule has 0 unspecified atom stereocenters. The predicted molar refractivity (Wildman–Crippen MR) is 44.6 cm³/mol. The molecule has 1 saturated carbocycles. The number of ether oxygens (including phenoxy) is 2. The lowest BCUT2D eigenvalue weighted by atomic mass is 9.85. The Balaban J connectivity index is 2.45. The van der Waals surface area contributed by atoms with Crippen LogP contribution in [0, 0.1) is 5.92 Å². The summed E-state index contributed by atoms with van der Waals surface area (Å²) in [5.74, 6) is 0.554. The maximum atomic E-state index is 5.36. The van der Waals surface area contributed by atoms with Gasteiger partial charge in [0.15, 0.2) is 0 Å². The summed E-state index contributed by atoms with van der Waals surface area (Å²) in [4.78, 5) is 0. The van der Waals surface area contributed by atoms with Crippen LogP contribution in [-0.2, 0) is 9.47 Å². The highest BCUT2D eigenvalue weighted by molar-refractivity contribution is 4.80. The number of hydrogen-bond acceptors (Lipinski definition) is 2. The fraction of sp³-hybridized carbons (Fsp3) is 1.00. The summed E-state index contributed by atoms with van der Waals surface area (Å²) in [5.41, 5.74) is 0. The van der Waals surface area contributed by atoms with Gasteiger partial charge in [0.1, 0.15) is 0 Å². The smallest absolute Gasteiger partial charge is 0.0621 e. The average Bonchev–Trinajstić information content (AvgIpc) is 2.05. The fourth-order valence-corrected chi connectivity index (χ4v) is 1.95. The van der Waals surface area contributed by atoms with E-state index in [4.69, 9.17) is 9.47 Å². The molecule has 0 radical (unpaired) electrons. The second-order valence-electron chi connectivity index (χ2n) is 3.34.